The van der Waals surface area contributed by atoms with E-state index in [0.717, 1.165) is 13.8 Å². The van der Waals surface area contributed by atoms with Gasteiger partial charge in [-0.1, -0.05) is 116 Å². The first-order valence-electron chi connectivity index (χ1n) is 42.3. The summed E-state index contributed by atoms with van der Waals surface area (Å²) >= 11 is 0. The Hall–Kier alpha value is -13.6. The number of carbonyl (C=O) groups is 18. The summed E-state index contributed by atoms with van der Waals surface area (Å²) in [5.74, 6) is -22.7. The van der Waals surface area contributed by atoms with E-state index < -0.39 is 253 Å². The van der Waals surface area contributed by atoms with Gasteiger partial charge in [-0.05, 0) is 111 Å². The highest BCUT2D eigenvalue weighted by molar-refractivity contribution is 8.76. The lowest BCUT2D eigenvalue weighted by molar-refractivity contribution is -0.141. The number of aromatic amines is 2. The number of carboxylic acid groups (broad SMARTS) is 2. The van der Waals surface area contributed by atoms with Gasteiger partial charge in [-0.2, -0.15) is 0 Å². The van der Waals surface area contributed by atoms with Crippen LogP contribution >= 0.6 is 21.6 Å². The van der Waals surface area contributed by atoms with Crippen molar-refractivity contribution in [2.24, 2.45) is 23.3 Å². The molecule has 0 saturated carbocycles. The Labute approximate surface area is 761 Å². The lowest BCUT2D eigenvalue weighted by Gasteiger charge is -2.30. The van der Waals surface area contributed by atoms with Crippen LogP contribution in [0.3, 0.4) is 0 Å². The van der Waals surface area contributed by atoms with E-state index in [4.69, 9.17) is 11.5 Å². The monoisotopic (exact) mass is 1860 g/mol. The zero-order valence-electron chi connectivity index (χ0n) is 73.2. The van der Waals surface area contributed by atoms with Gasteiger partial charge >= 0.3 is 11.9 Å². The van der Waals surface area contributed by atoms with E-state index in [1.54, 1.807) is 92.8 Å². The molecule has 7 rings (SSSR count). The number of unbranched alkanes of at least 4 members (excludes halogenated alkanes) is 1. The number of nitrogens with zero attached hydrogens (tertiary/aromatic N) is 2. The number of nitrogens with one attached hydrogen (secondary N) is 17. The van der Waals surface area contributed by atoms with Crippen LogP contribution in [0.5, 0.6) is 5.75 Å². The standard InChI is InChI=1S/C86H115N21O22S2/c1-44(2)31-60-82(125)106-71(45(3)4)85(128)103-63(34-51-38-91-56-21-12-11-20-55(51)56)79(122)105-67(84(127)107-72(47(6)108)86(129)102-62(32-49-17-9-8-10-18-49)77(120)98-59(73(88)116)35-52-19-14-16-30-90-52)42-131-130-41-66(104-81(124)65(37-70(114)115)95-48(7)109)83(126)94-46(5)74(117)99-61(33-50-23-25-54(110)26-24-50)78(121)101-64(36-53-39-89-43-93-53)80(123)97-57(22-13-15-29-87)75(118)92-40-68(111)96-58(76(119)100-60)27-28-69(112)113/h8-12,14,16-21,23-26,30,38-39,43-47,57-67,71-72,91,108,110H,13,15,22,27-29,31-37,40-42,87H2,1-7H3,(H2,88,116)(H,89,93)(H,92,118)(H,94,126)(H,95,109)(H,96,111)(H,97,123)(H,98,120)(H,99,117)(H,100,119)(H,101,121)(H,102,129)(H,103,128)(H,104,124)(H,105,122)(H,106,125)(H,107,127)(H,112,113)(H,114,115)/t46-,47+,57-,58-,59?,60-,61-,62-,63-,64-,65-,66-,67-,71-,72-/m0/s1. The number of hydrogen-bond acceptors (Lipinski definition) is 25. The maximum absolute atomic E-state index is 15.6. The Morgan fingerprint density at radius 3 is 1.80 bits per heavy atom. The number of carboxylic acids is 2. The second-order valence-electron chi connectivity index (χ2n) is 32.2. The lowest BCUT2D eigenvalue weighted by Crippen LogP contribution is -2.63. The van der Waals surface area contributed by atoms with Gasteiger partial charge in [0.05, 0.1) is 25.4 Å². The Kier molecular flexibility index (Phi) is 41.6. The van der Waals surface area contributed by atoms with Crippen LogP contribution < -0.4 is 91.2 Å². The second kappa shape index (κ2) is 52.2. The molecule has 1 unspecified atom stereocenters. The van der Waals surface area contributed by atoms with Crippen molar-refractivity contribution in [1.29, 1.82) is 0 Å². The number of carbonyl (C=O) groups excluding carboxylic acids is 16. The predicted molar refractivity (Wildman–Crippen MR) is 478 cm³/mol. The quantitative estimate of drug-likeness (QED) is 0.0143. The molecular weight excluding hydrogens is 1740 g/mol. The molecule has 3 aromatic carbocycles. The average molecular weight is 1860 g/mol. The summed E-state index contributed by atoms with van der Waals surface area (Å²) in [6.45, 7) is 8.94. The molecule has 16 amide bonds. The molecule has 25 N–H and O–H groups in total. The van der Waals surface area contributed by atoms with Gasteiger partial charge in [-0.25, -0.2) is 4.98 Å². The normalized spacial score (nSPS) is 21.3. The summed E-state index contributed by atoms with van der Waals surface area (Å²) in [5, 5.41) is 80.0. The van der Waals surface area contributed by atoms with Crippen molar-refractivity contribution in [2.45, 2.75) is 216 Å². The highest BCUT2D eigenvalue weighted by atomic mass is 33.1. The first-order valence-corrected chi connectivity index (χ1v) is 44.8. The Morgan fingerprint density at radius 2 is 1.17 bits per heavy atom. The van der Waals surface area contributed by atoms with Crippen LogP contribution in [0.25, 0.3) is 10.9 Å². The molecule has 15 atom stereocenters. The molecule has 0 spiro atoms. The van der Waals surface area contributed by atoms with Crippen molar-refractivity contribution in [1.82, 2.24) is 99.7 Å². The number of primary amides is 1. The van der Waals surface area contributed by atoms with Gasteiger partial charge in [-0.3, -0.25) is 91.3 Å². The number of aromatic hydroxyl groups is 1. The van der Waals surface area contributed by atoms with Gasteiger partial charge < -0.3 is 122 Å². The van der Waals surface area contributed by atoms with E-state index in [1.165, 1.54) is 63.8 Å². The topological polar surface area (TPSA) is 678 Å². The van der Waals surface area contributed by atoms with Gasteiger partial charge in [0.25, 0.3) is 0 Å². The predicted octanol–water partition coefficient (Wildman–Crippen LogP) is -3.12. The average Bonchev–Trinajstić information content (AvgIpc) is 1.78. The van der Waals surface area contributed by atoms with Gasteiger partial charge in [0.2, 0.25) is 94.5 Å². The van der Waals surface area contributed by atoms with Gasteiger partial charge in [0.15, 0.2) is 0 Å². The van der Waals surface area contributed by atoms with Crippen molar-refractivity contribution in [3.05, 3.63) is 150 Å². The zero-order valence-corrected chi connectivity index (χ0v) is 74.8. The number of aliphatic hydroxyl groups is 1. The van der Waals surface area contributed by atoms with Gasteiger partial charge in [0.1, 0.15) is 90.3 Å². The molecule has 45 heteroatoms. The molecule has 0 aliphatic carbocycles. The van der Waals surface area contributed by atoms with Crippen molar-refractivity contribution in [3.8, 4) is 5.75 Å². The summed E-state index contributed by atoms with van der Waals surface area (Å²) < 4.78 is 0. The molecule has 131 heavy (non-hydrogen) atoms. The SMILES string of the molecule is CC(=O)N[C@@H](CC(=O)O)C(=O)N[C@H]1CSSC[C@@H](C(=O)N[C@H](C(=O)N[C@@H](Cc2ccccc2)C(=O)NC(Cc2ccccn2)C(N)=O)[C@@H](C)O)NC(=O)[C@H](Cc2c[nH]c3ccccc23)NC(=O)[C@H](C(C)C)NC(=O)[C@H](CC(C)C)NC(=O)[C@H](CCC(=O)O)NC(=O)CNC(=O)[C@H](CCCCN)NC(=O)[C@H](Cc2cnc[nH]2)NC(=O)[C@H](Cc2ccc(O)cc2)NC(=O)[C@H](C)NC1=O. The van der Waals surface area contributed by atoms with E-state index in [-0.39, 0.29) is 62.9 Å². The number of phenolic OH excluding ortho intramolecular Hbond substituents is 1. The third-order valence-electron chi connectivity index (χ3n) is 20.7. The largest absolute Gasteiger partial charge is 0.508 e. The van der Waals surface area contributed by atoms with Crippen LogP contribution in [0.1, 0.15) is 121 Å². The highest BCUT2D eigenvalue weighted by Gasteiger charge is 2.40. The number of pyridine rings is 1. The first-order chi connectivity index (χ1) is 62.2. The Balaban J connectivity index is 1.34. The van der Waals surface area contributed by atoms with Crippen molar-refractivity contribution in [3.63, 3.8) is 0 Å². The summed E-state index contributed by atoms with van der Waals surface area (Å²) in [6.07, 6.45) is 0.109. The molecule has 6 aromatic rings. The van der Waals surface area contributed by atoms with Gasteiger partial charge in [0, 0.05) is 97.8 Å². The van der Waals surface area contributed by atoms with E-state index in [1.807, 2.05) is 0 Å². The molecule has 43 nitrogen and oxygen atoms in total. The lowest BCUT2D eigenvalue weighted by atomic mass is 9.98. The summed E-state index contributed by atoms with van der Waals surface area (Å²) in [5.41, 5.74) is 14.0. The molecule has 1 saturated heterocycles. The van der Waals surface area contributed by atoms with Crippen molar-refractivity contribution in [2.75, 3.05) is 24.6 Å². The van der Waals surface area contributed by atoms with Gasteiger partial charge in [-0.15, -0.1) is 0 Å². The Bertz CT molecular complexity index is 4940. The number of para-hydroxylation sites is 1. The first kappa shape index (κ1) is 104. The number of benzene rings is 3. The molecule has 708 valence electrons. The maximum Gasteiger partial charge on any atom is 0.305 e. The maximum atomic E-state index is 15.6. The molecule has 1 aliphatic rings. The van der Waals surface area contributed by atoms with Crippen molar-refractivity contribution >= 4 is 139 Å². The fourth-order valence-electron chi connectivity index (χ4n) is 13.7. The highest BCUT2D eigenvalue weighted by Crippen LogP contribution is 2.26. The third-order valence-corrected chi connectivity index (χ3v) is 23.1. The minimum atomic E-state index is -2.02. The molecule has 4 heterocycles. The summed E-state index contributed by atoms with van der Waals surface area (Å²) in [6, 6.07) is 1.56. The number of H-pyrrole nitrogens is 2. The van der Waals surface area contributed by atoms with Crippen LogP contribution in [-0.2, 0) is 118 Å². The smallest absolute Gasteiger partial charge is 0.305 e. The number of hydrogen-bond donors (Lipinski definition) is 23. The fourth-order valence-corrected chi connectivity index (χ4v) is 16.0. The van der Waals surface area contributed by atoms with Crippen LogP contribution in [-0.4, -0.2) is 262 Å². The summed E-state index contributed by atoms with van der Waals surface area (Å²) in [7, 11) is 1.40. The minimum absolute atomic E-state index is 0.121. The van der Waals surface area contributed by atoms with Crippen LogP contribution in [0, 0.1) is 11.8 Å². The fraction of sp³-hybridized carbons (Fsp3) is 0.465. The second-order valence-corrected chi connectivity index (χ2v) is 34.7. The molecule has 0 radical (unpaired) electrons. The van der Waals surface area contributed by atoms with E-state index in [9.17, 15) is 92.3 Å². The number of rotatable bonds is 33. The van der Waals surface area contributed by atoms with E-state index in [0.29, 0.717) is 61.3 Å². The molecular formula is C86H115N21O22S2. The number of phenols is 1. The number of aliphatic carboxylic acids is 2. The van der Waals surface area contributed by atoms with Crippen LogP contribution in [0.15, 0.2) is 122 Å². The number of imidazole rings is 1. The number of nitrogens with two attached hydrogens (primary N) is 2. The van der Waals surface area contributed by atoms with E-state index in [2.05, 4.69) is 99.7 Å². The summed E-state index contributed by atoms with van der Waals surface area (Å²) in [4.78, 5) is 271. The van der Waals surface area contributed by atoms with Crippen molar-refractivity contribution < 1.29 is 107 Å². The number of aliphatic hydroxyl groups excluding tert-OH is 1. The van der Waals surface area contributed by atoms with Crippen LogP contribution in [0.4, 0.5) is 0 Å². The number of aromatic nitrogens is 4. The molecule has 1 fully saturated rings. The molecule has 0 bridgehead atoms. The minimum Gasteiger partial charge on any atom is -0.508 e. The Morgan fingerprint density at radius 1 is 0.557 bits per heavy atom. The molecule has 1 aliphatic heterocycles. The zero-order chi connectivity index (χ0) is 96.1. The van der Waals surface area contributed by atoms with E-state index >= 15 is 14.4 Å². The number of fused-ring (bicyclic) bond motifs is 1. The van der Waals surface area contributed by atoms with Crippen LogP contribution in [0.2, 0.25) is 0 Å². The third kappa shape index (κ3) is 34.8. The molecule has 3 aromatic heterocycles. The number of amides is 16.